The topological polar surface area (TPSA) is 69.7 Å². The summed E-state index contributed by atoms with van der Waals surface area (Å²) < 4.78 is 47.9. The first-order valence-corrected chi connectivity index (χ1v) is 12.0. The Kier molecular flexibility index (Phi) is 8.11. The Morgan fingerprint density at radius 1 is 1.30 bits per heavy atom. The zero-order valence-corrected chi connectivity index (χ0v) is 16.9. The van der Waals surface area contributed by atoms with Crippen molar-refractivity contribution in [1.82, 2.24) is 0 Å². The van der Waals surface area contributed by atoms with Gasteiger partial charge in [0, 0.05) is 11.1 Å². The smallest absolute Gasteiger partial charge is 0.300 e. The zero-order valence-electron chi connectivity index (χ0n) is 13.6. The summed E-state index contributed by atoms with van der Waals surface area (Å²) in [5, 5.41) is 0.0829. The molecule has 0 spiro atoms. The molecule has 1 rings (SSSR count). The molecule has 9 heteroatoms. The van der Waals surface area contributed by atoms with Crippen molar-refractivity contribution in [2.75, 3.05) is 18.3 Å². The molecule has 0 heterocycles. The van der Waals surface area contributed by atoms with Crippen molar-refractivity contribution in [2.24, 2.45) is 0 Å². The molecule has 132 valence electrons. The predicted molar refractivity (Wildman–Crippen MR) is 95.4 cm³/mol. The molecule has 1 atom stereocenters. The van der Waals surface area contributed by atoms with Gasteiger partial charge in [0.15, 0.2) is 0 Å². The first-order chi connectivity index (χ1) is 10.6. The van der Waals surface area contributed by atoms with E-state index >= 15 is 0 Å². The minimum absolute atomic E-state index is 0.0827. The van der Waals surface area contributed by atoms with Crippen molar-refractivity contribution in [3.8, 4) is 0 Å². The van der Waals surface area contributed by atoms with E-state index < -0.39 is 23.8 Å². The van der Waals surface area contributed by atoms with Gasteiger partial charge in [-0.25, -0.2) is 0 Å². The van der Waals surface area contributed by atoms with E-state index in [4.69, 9.17) is 20.3 Å². The minimum atomic E-state index is -4.13. The third-order valence-electron chi connectivity index (χ3n) is 2.77. The molecule has 0 aliphatic heterocycles. The molecule has 1 unspecified atom stereocenters. The average Bonchev–Trinajstić information content (AvgIpc) is 2.45. The van der Waals surface area contributed by atoms with Crippen LogP contribution in [-0.2, 0) is 23.4 Å². The fourth-order valence-corrected chi connectivity index (χ4v) is 6.61. The van der Waals surface area contributed by atoms with E-state index in [9.17, 15) is 13.0 Å². The third kappa shape index (κ3) is 6.07. The van der Waals surface area contributed by atoms with Crippen LogP contribution in [0.5, 0.6) is 0 Å². The van der Waals surface area contributed by atoms with E-state index in [2.05, 4.69) is 0 Å². The number of halogens is 1. The van der Waals surface area contributed by atoms with Crippen LogP contribution in [0.25, 0.3) is 0 Å². The van der Waals surface area contributed by atoms with Crippen LogP contribution in [0.4, 0.5) is 0 Å². The highest BCUT2D eigenvalue weighted by molar-refractivity contribution is 8.00. The Hall–Kier alpha value is -0.0400. The van der Waals surface area contributed by atoms with Crippen molar-refractivity contribution < 1.29 is 21.7 Å². The zero-order chi connectivity index (χ0) is 17.7. The molecule has 0 radical (unpaired) electrons. The maximum atomic E-state index is 12.5. The van der Waals surface area contributed by atoms with E-state index in [1.807, 2.05) is 6.92 Å². The molecule has 5 nitrogen and oxygen atoms in total. The van der Waals surface area contributed by atoms with E-state index in [0.29, 0.717) is 10.6 Å². The summed E-state index contributed by atoms with van der Waals surface area (Å²) >= 11 is 7.39. The van der Waals surface area contributed by atoms with Crippen LogP contribution in [0, 0.1) is 0 Å². The second-order valence-corrected chi connectivity index (χ2v) is 11.0. The van der Waals surface area contributed by atoms with Crippen molar-refractivity contribution in [3.63, 3.8) is 0 Å². The highest BCUT2D eigenvalue weighted by Gasteiger charge is 2.29. The molecule has 0 aliphatic carbocycles. The van der Waals surface area contributed by atoms with Crippen LogP contribution >= 0.6 is 30.7 Å². The molecule has 23 heavy (non-hydrogen) atoms. The molecular formula is C14H22ClO5PS2. The van der Waals surface area contributed by atoms with Gasteiger partial charge in [0.1, 0.15) is 11.2 Å². The van der Waals surface area contributed by atoms with Gasteiger partial charge in [-0.05, 0) is 31.7 Å². The van der Waals surface area contributed by atoms with Crippen molar-refractivity contribution in [2.45, 2.75) is 43.6 Å². The number of hydrogen-bond acceptors (Lipinski definition) is 6. The van der Waals surface area contributed by atoms with Crippen molar-refractivity contribution >= 4 is 40.8 Å². The average molecular weight is 401 g/mol. The molecule has 0 amide bonds. The lowest BCUT2D eigenvalue weighted by Crippen LogP contribution is -2.13. The lowest BCUT2D eigenvalue weighted by atomic mass is 10.4. The summed E-state index contributed by atoms with van der Waals surface area (Å²) in [6.45, 7) is 7.05. The molecule has 0 saturated heterocycles. The van der Waals surface area contributed by atoms with E-state index in [1.165, 1.54) is 17.8 Å². The lowest BCUT2D eigenvalue weighted by molar-refractivity contribution is 0.228. The molecule has 1 aromatic rings. The summed E-state index contributed by atoms with van der Waals surface area (Å²) in [6.07, 6.45) is -0.579. The van der Waals surface area contributed by atoms with Crippen LogP contribution in [-0.4, -0.2) is 32.8 Å². The van der Waals surface area contributed by atoms with Gasteiger partial charge < -0.3 is 4.52 Å². The maximum absolute atomic E-state index is 12.5. The van der Waals surface area contributed by atoms with Gasteiger partial charge in [-0.3, -0.25) is 8.75 Å². The van der Waals surface area contributed by atoms with Crippen molar-refractivity contribution in [3.05, 3.63) is 23.2 Å². The second-order valence-electron chi connectivity index (χ2n) is 4.99. The summed E-state index contributed by atoms with van der Waals surface area (Å²) in [7, 11) is -7.30. The Bertz CT molecular complexity index is 676. The van der Waals surface area contributed by atoms with Gasteiger partial charge in [0.25, 0.3) is 10.1 Å². The van der Waals surface area contributed by atoms with Crippen LogP contribution in [0.1, 0.15) is 27.7 Å². The van der Waals surface area contributed by atoms with Crippen LogP contribution in [0.3, 0.4) is 0 Å². The molecule has 1 aromatic carbocycles. The van der Waals surface area contributed by atoms with Gasteiger partial charge in [-0.2, -0.15) is 8.42 Å². The highest BCUT2D eigenvalue weighted by Crippen LogP contribution is 2.48. The predicted octanol–water partition coefficient (Wildman–Crippen LogP) is 4.84. The minimum Gasteiger partial charge on any atom is -0.324 e. The summed E-state index contributed by atoms with van der Waals surface area (Å²) in [4.78, 5) is 0.428. The summed E-state index contributed by atoms with van der Waals surface area (Å²) in [5.74, 6) is 0.687. The summed E-state index contributed by atoms with van der Waals surface area (Å²) in [6, 6.07) is 4.83. The van der Waals surface area contributed by atoms with Crippen molar-refractivity contribution in [1.29, 1.82) is 0 Å². The lowest BCUT2D eigenvalue weighted by Gasteiger charge is -2.20. The largest absolute Gasteiger partial charge is 0.324 e. The fraction of sp³-hybridized carbons (Fsp3) is 0.571. The Labute approximate surface area is 147 Å². The highest BCUT2D eigenvalue weighted by atomic mass is 35.5. The molecule has 0 saturated carbocycles. The number of benzene rings is 1. The first-order valence-electron chi connectivity index (χ1n) is 7.22. The molecular weight excluding hydrogens is 379 g/mol. The third-order valence-corrected chi connectivity index (χ3v) is 8.10. The van der Waals surface area contributed by atoms with E-state index in [1.54, 1.807) is 32.9 Å². The van der Waals surface area contributed by atoms with Gasteiger partial charge in [-0.15, -0.1) is 11.8 Å². The quantitative estimate of drug-likeness (QED) is 0.335. The molecule has 0 N–H and O–H groups in total. The van der Waals surface area contributed by atoms with E-state index in [-0.39, 0.29) is 22.2 Å². The first kappa shape index (κ1) is 21.0. The Morgan fingerprint density at radius 2 is 1.96 bits per heavy atom. The number of hydrogen-bond donors (Lipinski definition) is 0. The normalized spacial score (nSPS) is 14.9. The Morgan fingerprint density at radius 3 is 2.48 bits per heavy atom. The number of thioether (sulfide) groups is 1. The molecule has 0 aromatic heterocycles. The second kappa shape index (κ2) is 8.88. The Balaban J connectivity index is 3.07. The van der Waals surface area contributed by atoms with Gasteiger partial charge in [0.2, 0.25) is 7.37 Å². The van der Waals surface area contributed by atoms with Crippen LogP contribution in [0.2, 0.25) is 5.02 Å². The van der Waals surface area contributed by atoms with Gasteiger partial charge in [-0.1, -0.05) is 31.5 Å². The SMILES string of the molecule is CCSc1cccc(Cl)c1S(=O)(=O)OCP(=O)(CC)OC(C)C. The van der Waals surface area contributed by atoms with E-state index in [0.717, 1.165) is 0 Å². The van der Waals surface area contributed by atoms with Crippen LogP contribution < -0.4 is 0 Å². The summed E-state index contributed by atoms with van der Waals surface area (Å²) in [5.41, 5.74) is 0. The molecule has 0 bridgehead atoms. The number of rotatable bonds is 9. The molecule has 0 aliphatic rings. The molecule has 0 fully saturated rings. The van der Waals surface area contributed by atoms with Gasteiger partial charge in [0.05, 0.1) is 11.1 Å². The monoisotopic (exact) mass is 400 g/mol. The standard InChI is InChI=1S/C14H22ClO5PS2/c1-5-21(16,20-11(3)4)10-19-23(17,18)14-12(15)8-7-9-13(14)22-6-2/h7-9,11H,5-6,10H2,1-4H3. The maximum Gasteiger partial charge on any atom is 0.300 e. The fourth-order valence-electron chi connectivity index (χ4n) is 1.79. The van der Waals surface area contributed by atoms with Gasteiger partial charge >= 0.3 is 0 Å². The van der Waals surface area contributed by atoms with Crippen LogP contribution in [0.15, 0.2) is 28.0 Å².